The molecule has 0 spiro atoms. The lowest BCUT2D eigenvalue weighted by Crippen LogP contribution is -2.16. The number of hydrogen-bond acceptors (Lipinski definition) is 4. The summed E-state index contributed by atoms with van der Waals surface area (Å²) in [6, 6.07) is 0. The first-order chi connectivity index (χ1) is 5.43. The van der Waals surface area contributed by atoms with Gasteiger partial charge in [0, 0.05) is 19.4 Å². The zero-order chi connectivity index (χ0) is 7.94. The van der Waals surface area contributed by atoms with Crippen molar-refractivity contribution in [3.8, 4) is 0 Å². The largest absolute Gasteiger partial charge is 0.395 e. The average molecular weight is 158 g/mol. The van der Waals surface area contributed by atoms with Crippen LogP contribution in [-0.4, -0.2) is 32.1 Å². The molecule has 0 aliphatic carbocycles. The number of nitrogens with two attached hydrogens (primary N) is 1. The van der Waals surface area contributed by atoms with Gasteiger partial charge in [-0.3, -0.25) is 0 Å². The molecule has 0 bridgehead atoms. The summed E-state index contributed by atoms with van der Waals surface area (Å²) < 4.78 is 5.14. The van der Waals surface area contributed by atoms with Gasteiger partial charge >= 0.3 is 0 Å². The second-order valence-corrected chi connectivity index (χ2v) is 2.39. The third kappa shape index (κ3) is 3.34. The SMILES string of the molecule is NCCON=C1CCOCC1. The van der Waals surface area contributed by atoms with E-state index in [9.17, 15) is 0 Å². The van der Waals surface area contributed by atoms with Gasteiger partial charge in [0.15, 0.2) is 0 Å². The van der Waals surface area contributed by atoms with Crippen molar-refractivity contribution >= 4 is 5.71 Å². The maximum atomic E-state index is 5.23. The predicted octanol–water partition coefficient (Wildman–Crippen LogP) is 0.128. The van der Waals surface area contributed by atoms with Gasteiger partial charge in [0.2, 0.25) is 0 Å². The van der Waals surface area contributed by atoms with Gasteiger partial charge in [0.25, 0.3) is 0 Å². The van der Waals surface area contributed by atoms with Crippen molar-refractivity contribution in [1.29, 1.82) is 0 Å². The van der Waals surface area contributed by atoms with Crippen molar-refractivity contribution in [1.82, 2.24) is 0 Å². The highest BCUT2D eigenvalue weighted by atomic mass is 16.6. The first kappa shape index (κ1) is 8.49. The second kappa shape index (κ2) is 5.09. The zero-order valence-electron chi connectivity index (χ0n) is 6.58. The van der Waals surface area contributed by atoms with Crippen LogP contribution in [0.5, 0.6) is 0 Å². The van der Waals surface area contributed by atoms with Crippen molar-refractivity contribution in [3.05, 3.63) is 0 Å². The first-order valence-electron chi connectivity index (χ1n) is 3.89. The summed E-state index contributed by atoms with van der Waals surface area (Å²) in [6.07, 6.45) is 1.79. The van der Waals surface area contributed by atoms with Gasteiger partial charge in [-0.1, -0.05) is 5.16 Å². The number of nitrogens with zero attached hydrogens (tertiary/aromatic N) is 1. The molecule has 0 aromatic heterocycles. The van der Waals surface area contributed by atoms with Crippen LogP contribution in [0.3, 0.4) is 0 Å². The van der Waals surface area contributed by atoms with E-state index in [0.29, 0.717) is 13.2 Å². The minimum atomic E-state index is 0.504. The van der Waals surface area contributed by atoms with Crippen LogP contribution in [-0.2, 0) is 9.57 Å². The third-order valence-electron chi connectivity index (χ3n) is 1.47. The molecule has 1 rings (SSSR count). The maximum absolute atomic E-state index is 5.23. The molecule has 4 nitrogen and oxygen atoms in total. The quantitative estimate of drug-likeness (QED) is 0.469. The second-order valence-electron chi connectivity index (χ2n) is 2.39. The molecule has 0 atom stereocenters. The van der Waals surface area contributed by atoms with Crippen LogP contribution >= 0.6 is 0 Å². The lowest BCUT2D eigenvalue weighted by atomic mass is 10.2. The van der Waals surface area contributed by atoms with Gasteiger partial charge in [-0.05, 0) is 0 Å². The first-order valence-corrected chi connectivity index (χ1v) is 3.89. The fraction of sp³-hybridized carbons (Fsp3) is 0.857. The molecular formula is C7H14N2O2. The molecule has 0 radical (unpaired) electrons. The lowest BCUT2D eigenvalue weighted by molar-refractivity contribution is 0.121. The maximum Gasteiger partial charge on any atom is 0.129 e. The molecule has 1 aliphatic rings. The number of rotatable bonds is 3. The average Bonchev–Trinajstić information content (AvgIpc) is 2.07. The minimum absolute atomic E-state index is 0.504. The Balaban J connectivity index is 2.15. The number of oxime groups is 1. The summed E-state index contributed by atoms with van der Waals surface area (Å²) in [6.45, 7) is 2.56. The van der Waals surface area contributed by atoms with Crippen molar-refractivity contribution in [3.63, 3.8) is 0 Å². The van der Waals surface area contributed by atoms with E-state index in [1.165, 1.54) is 0 Å². The van der Waals surface area contributed by atoms with Crippen molar-refractivity contribution in [2.45, 2.75) is 12.8 Å². The van der Waals surface area contributed by atoms with Crippen LogP contribution < -0.4 is 5.73 Å². The van der Waals surface area contributed by atoms with Gasteiger partial charge in [0.1, 0.15) is 6.61 Å². The molecule has 0 aromatic carbocycles. The van der Waals surface area contributed by atoms with Crippen LogP contribution in [0, 0.1) is 0 Å². The van der Waals surface area contributed by atoms with E-state index in [1.807, 2.05) is 0 Å². The van der Waals surface area contributed by atoms with Gasteiger partial charge in [-0.2, -0.15) is 0 Å². The van der Waals surface area contributed by atoms with Crippen LogP contribution in [0.15, 0.2) is 5.16 Å². The molecule has 0 amide bonds. The van der Waals surface area contributed by atoms with Crippen LogP contribution in [0.1, 0.15) is 12.8 Å². The highest BCUT2D eigenvalue weighted by Crippen LogP contribution is 2.02. The smallest absolute Gasteiger partial charge is 0.129 e. The molecule has 0 aromatic rings. The van der Waals surface area contributed by atoms with E-state index in [-0.39, 0.29) is 0 Å². The van der Waals surface area contributed by atoms with Crippen molar-refractivity contribution < 1.29 is 9.57 Å². The Morgan fingerprint density at radius 3 is 2.82 bits per heavy atom. The highest BCUT2D eigenvalue weighted by Gasteiger charge is 2.06. The lowest BCUT2D eigenvalue weighted by Gasteiger charge is -2.12. The molecule has 0 unspecified atom stereocenters. The van der Waals surface area contributed by atoms with Gasteiger partial charge in [0.05, 0.1) is 18.9 Å². The molecule has 1 aliphatic heterocycles. The summed E-state index contributed by atoms with van der Waals surface area (Å²) in [7, 11) is 0. The predicted molar refractivity (Wildman–Crippen MR) is 42.5 cm³/mol. The summed E-state index contributed by atoms with van der Waals surface area (Å²) in [5.41, 5.74) is 6.31. The normalized spacial score (nSPS) is 18.1. The van der Waals surface area contributed by atoms with Gasteiger partial charge in [-0.15, -0.1) is 0 Å². The highest BCUT2D eigenvalue weighted by molar-refractivity contribution is 5.84. The summed E-state index contributed by atoms with van der Waals surface area (Å²) in [5.74, 6) is 0. The van der Waals surface area contributed by atoms with E-state index in [4.69, 9.17) is 15.3 Å². The Morgan fingerprint density at radius 2 is 2.18 bits per heavy atom. The van der Waals surface area contributed by atoms with Crippen LogP contribution in [0.4, 0.5) is 0 Å². The molecular weight excluding hydrogens is 144 g/mol. The van der Waals surface area contributed by atoms with Gasteiger partial charge in [-0.25, -0.2) is 0 Å². The van der Waals surface area contributed by atoms with E-state index in [2.05, 4.69) is 5.16 Å². The molecule has 11 heavy (non-hydrogen) atoms. The Morgan fingerprint density at radius 1 is 1.45 bits per heavy atom. The van der Waals surface area contributed by atoms with Crippen LogP contribution in [0.2, 0.25) is 0 Å². The number of hydrogen-bond donors (Lipinski definition) is 1. The third-order valence-corrected chi connectivity index (χ3v) is 1.47. The van der Waals surface area contributed by atoms with E-state index in [0.717, 1.165) is 31.8 Å². The molecule has 1 saturated heterocycles. The standard InChI is InChI=1S/C7H14N2O2/c8-3-6-11-9-7-1-4-10-5-2-7/h1-6,8H2. The van der Waals surface area contributed by atoms with E-state index in [1.54, 1.807) is 0 Å². The summed E-state index contributed by atoms with van der Waals surface area (Å²) in [4.78, 5) is 4.93. The topological polar surface area (TPSA) is 56.8 Å². The van der Waals surface area contributed by atoms with E-state index >= 15 is 0 Å². The Bertz CT molecular complexity index is 128. The fourth-order valence-corrected chi connectivity index (χ4v) is 0.888. The molecule has 0 saturated carbocycles. The molecule has 2 N–H and O–H groups in total. The van der Waals surface area contributed by atoms with E-state index < -0.39 is 0 Å². The van der Waals surface area contributed by atoms with Gasteiger partial charge < -0.3 is 15.3 Å². The summed E-state index contributed by atoms with van der Waals surface area (Å²) >= 11 is 0. The zero-order valence-corrected chi connectivity index (χ0v) is 6.58. The monoisotopic (exact) mass is 158 g/mol. The fourth-order valence-electron chi connectivity index (χ4n) is 0.888. The number of ether oxygens (including phenoxy) is 1. The molecule has 1 heterocycles. The molecule has 64 valence electrons. The minimum Gasteiger partial charge on any atom is -0.395 e. The Kier molecular flexibility index (Phi) is 3.93. The molecule has 1 fully saturated rings. The molecule has 4 heteroatoms. The Hall–Kier alpha value is -0.610. The van der Waals surface area contributed by atoms with Crippen molar-refractivity contribution in [2.75, 3.05) is 26.4 Å². The van der Waals surface area contributed by atoms with Crippen LogP contribution in [0.25, 0.3) is 0 Å². The summed E-state index contributed by atoms with van der Waals surface area (Å²) in [5, 5.41) is 3.93. The Labute approximate surface area is 66.3 Å². The van der Waals surface area contributed by atoms with Crippen molar-refractivity contribution in [2.24, 2.45) is 10.9 Å².